The summed E-state index contributed by atoms with van der Waals surface area (Å²) >= 11 is 0. The number of carbonyl (C=O) groups excluding carboxylic acids is 2. The standard InChI is InChI=1S/C11H12N2O3.C4H8O2/c1-15-9-6-8(7-4-3-5-12-7)13-10(9)11(14)16-2;1-3-6-4(2)5/h3-6,12-13H,1-2H3;3H2,1-2H3. The molecule has 2 heterocycles. The molecule has 2 N–H and O–H groups in total. The second kappa shape index (κ2) is 8.56. The third kappa shape index (κ3) is 4.69. The second-order valence-corrected chi connectivity index (χ2v) is 4.13. The molecule has 0 aromatic carbocycles. The second-order valence-electron chi connectivity index (χ2n) is 4.13. The van der Waals surface area contributed by atoms with Crippen molar-refractivity contribution in [2.75, 3.05) is 20.8 Å². The Morgan fingerprint density at radius 1 is 1.23 bits per heavy atom. The Balaban J connectivity index is 0.000000346. The number of esters is 2. The maximum atomic E-state index is 11.4. The minimum Gasteiger partial charge on any atom is -0.494 e. The number of ether oxygens (including phenoxy) is 3. The van der Waals surface area contributed by atoms with Gasteiger partial charge in [-0.1, -0.05) is 0 Å². The van der Waals surface area contributed by atoms with Gasteiger partial charge in [-0.25, -0.2) is 4.79 Å². The topological polar surface area (TPSA) is 93.4 Å². The fourth-order valence-electron chi connectivity index (χ4n) is 1.70. The van der Waals surface area contributed by atoms with Gasteiger partial charge in [0.2, 0.25) is 0 Å². The van der Waals surface area contributed by atoms with Gasteiger partial charge in [-0.15, -0.1) is 0 Å². The SMILES string of the molecule is CCOC(C)=O.COC(=O)c1[nH]c(-c2ccc[nH]2)cc1OC. The Hall–Kier alpha value is -2.70. The molecule has 22 heavy (non-hydrogen) atoms. The maximum absolute atomic E-state index is 11.4. The molecule has 0 radical (unpaired) electrons. The van der Waals surface area contributed by atoms with E-state index in [0.29, 0.717) is 18.1 Å². The number of hydrogen-bond acceptors (Lipinski definition) is 5. The Bertz CT molecular complexity index is 601. The van der Waals surface area contributed by atoms with E-state index in [4.69, 9.17) is 4.74 Å². The molecule has 0 spiro atoms. The van der Waals surface area contributed by atoms with Gasteiger partial charge < -0.3 is 24.2 Å². The maximum Gasteiger partial charge on any atom is 0.358 e. The number of hydrogen-bond donors (Lipinski definition) is 2. The van der Waals surface area contributed by atoms with E-state index in [2.05, 4.69) is 19.4 Å². The van der Waals surface area contributed by atoms with Crippen LogP contribution in [0, 0.1) is 0 Å². The molecule has 7 heteroatoms. The molecule has 7 nitrogen and oxygen atoms in total. The van der Waals surface area contributed by atoms with Crippen molar-refractivity contribution in [1.82, 2.24) is 9.97 Å². The predicted octanol–water partition coefficient (Wildman–Crippen LogP) is 2.37. The molecule has 2 aromatic heterocycles. The molecule has 0 bridgehead atoms. The van der Waals surface area contributed by atoms with Crippen molar-refractivity contribution in [2.24, 2.45) is 0 Å². The van der Waals surface area contributed by atoms with Gasteiger partial charge in [-0.05, 0) is 19.1 Å². The number of rotatable bonds is 4. The smallest absolute Gasteiger partial charge is 0.358 e. The number of methoxy groups -OCH3 is 2. The molecular weight excluding hydrogens is 288 g/mol. The summed E-state index contributed by atoms with van der Waals surface area (Å²) in [6.07, 6.45) is 1.81. The Kier molecular flexibility index (Phi) is 6.75. The van der Waals surface area contributed by atoms with Gasteiger partial charge in [-0.3, -0.25) is 4.79 Å². The molecule has 0 atom stereocenters. The summed E-state index contributed by atoms with van der Waals surface area (Å²) in [5, 5.41) is 0. The highest BCUT2D eigenvalue weighted by atomic mass is 16.5. The monoisotopic (exact) mass is 308 g/mol. The summed E-state index contributed by atoms with van der Waals surface area (Å²) in [7, 11) is 2.84. The number of aromatic amines is 2. The first-order valence-electron chi connectivity index (χ1n) is 6.65. The van der Waals surface area contributed by atoms with E-state index in [1.807, 2.05) is 12.1 Å². The van der Waals surface area contributed by atoms with Gasteiger partial charge >= 0.3 is 11.9 Å². The van der Waals surface area contributed by atoms with Crippen molar-refractivity contribution in [3.05, 3.63) is 30.1 Å². The summed E-state index contributed by atoms with van der Waals surface area (Å²) in [5.41, 5.74) is 1.98. The van der Waals surface area contributed by atoms with Crippen LogP contribution in [0.4, 0.5) is 0 Å². The van der Waals surface area contributed by atoms with Crippen LogP contribution < -0.4 is 4.74 Å². The van der Waals surface area contributed by atoms with Gasteiger partial charge in [0, 0.05) is 19.2 Å². The third-order valence-corrected chi connectivity index (χ3v) is 2.63. The van der Waals surface area contributed by atoms with Gasteiger partial charge in [0.05, 0.1) is 32.2 Å². The van der Waals surface area contributed by atoms with Crippen LogP contribution in [0.25, 0.3) is 11.4 Å². The lowest BCUT2D eigenvalue weighted by Crippen LogP contribution is -2.03. The van der Waals surface area contributed by atoms with E-state index < -0.39 is 5.97 Å². The number of aromatic nitrogens is 2. The Morgan fingerprint density at radius 3 is 2.36 bits per heavy atom. The lowest BCUT2D eigenvalue weighted by Gasteiger charge is -1.99. The molecule has 120 valence electrons. The van der Waals surface area contributed by atoms with Gasteiger partial charge in [0.1, 0.15) is 0 Å². The van der Waals surface area contributed by atoms with E-state index in [1.165, 1.54) is 21.1 Å². The van der Waals surface area contributed by atoms with Crippen LogP contribution in [-0.2, 0) is 14.3 Å². The molecular formula is C15H20N2O5. The van der Waals surface area contributed by atoms with E-state index in [0.717, 1.165) is 11.4 Å². The molecule has 0 aliphatic rings. The van der Waals surface area contributed by atoms with Crippen molar-refractivity contribution in [3.63, 3.8) is 0 Å². The van der Waals surface area contributed by atoms with Gasteiger partial charge in [0.25, 0.3) is 0 Å². The highest BCUT2D eigenvalue weighted by molar-refractivity contribution is 5.91. The molecule has 2 aromatic rings. The molecule has 0 amide bonds. The van der Waals surface area contributed by atoms with Crippen molar-refractivity contribution < 1.29 is 23.8 Å². The minimum absolute atomic E-state index is 0.211. The van der Waals surface area contributed by atoms with Gasteiger partial charge in [-0.2, -0.15) is 0 Å². The minimum atomic E-state index is -0.449. The first kappa shape index (κ1) is 17.4. The van der Waals surface area contributed by atoms with Crippen molar-refractivity contribution in [3.8, 4) is 17.1 Å². The Morgan fingerprint density at radius 2 is 1.95 bits per heavy atom. The average Bonchev–Trinajstić information content (AvgIpc) is 3.15. The molecule has 0 aliphatic heterocycles. The zero-order valence-electron chi connectivity index (χ0n) is 13.1. The molecule has 0 unspecified atom stereocenters. The van der Waals surface area contributed by atoms with Crippen molar-refractivity contribution in [2.45, 2.75) is 13.8 Å². The summed E-state index contributed by atoms with van der Waals surface area (Å²) in [4.78, 5) is 27.2. The molecule has 0 saturated heterocycles. The highest BCUT2D eigenvalue weighted by Gasteiger charge is 2.17. The van der Waals surface area contributed by atoms with Crippen LogP contribution >= 0.6 is 0 Å². The normalized spacial score (nSPS) is 9.45. The van der Waals surface area contributed by atoms with E-state index >= 15 is 0 Å². The molecule has 0 aliphatic carbocycles. The Labute approximate surface area is 128 Å². The van der Waals surface area contributed by atoms with Crippen molar-refractivity contribution in [1.29, 1.82) is 0 Å². The summed E-state index contributed by atoms with van der Waals surface area (Å²) in [6, 6.07) is 5.52. The molecule has 0 fully saturated rings. The average molecular weight is 308 g/mol. The van der Waals surface area contributed by atoms with Crippen LogP contribution in [-0.4, -0.2) is 42.7 Å². The summed E-state index contributed by atoms with van der Waals surface area (Å²) in [6.45, 7) is 3.65. The number of nitrogens with one attached hydrogen (secondary N) is 2. The largest absolute Gasteiger partial charge is 0.494 e. The first-order chi connectivity index (χ1) is 10.5. The molecule has 2 rings (SSSR count). The van der Waals surface area contributed by atoms with E-state index in [1.54, 1.807) is 19.2 Å². The van der Waals surface area contributed by atoms with Crippen LogP contribution in [0.3, 0.4) is 0 Å². The van der Waals surface area contributed by atoms with Gasteiger partial charge in [0.15, 0.2) is 11.4 Å². The third-order valence-electron chi connectivity index (χ3n) is 2.63. The zero-order valence-corrected chi connectivity index (χ0v) is 13.1. The van der Waals surface area contributed by atoms with E-state index in [9.17, 15) is 9.59 Å². The number of H-pyrrole nitrogens is 2. The molecule has 0 saturated carbocycles. The van der Waals surface area contributed by atoms with Crippen LogP contribution in [0.15, 0.2) is 24.4 Å². The highest BCUT2D eigenvalue weighted by Crippen LogP contribution is 2.26. The fraction of sp³-hybridized carbons (Fsp3) is 0.333. The van der Waals surface area contributed by atoms with Crippen LogP contribution in [0.5, 0.6) is 5.75 Å². The first-order valence-corrected chi connectivity index (χ1v) is 6.65. The quantitative estimate of drug-likeness (QED) is 0.846. The summed E-state index contributed by atoms with van der Waals surface area (Å²) in [5.74, 6) is -0.191. The zero-order chi connectivity index (χ0) is 16.5. The van der Waals surface area contributed by atoms with Crippen LogP contribution in [0.2, 0.25) is 0 Å². The van der Waals surface area contributed by atoms with E-state index in [-0.39, 0.29) is 5.97 Å². The van der Waals surface area contributed by atoms with Crippen LogP contribution in [0.1, 0.15) is 24.3 Å². The summed E-state index contributed by atoms with van der Waals surface area (Å²) < 4.78 is 14.2. The van der Waals surface area contributed by atoms with Crippen molar-refractivity contribution >= 4 is 11.9 Å². The lowest BCUT2D eigenvalue weighted by molar-refractivity contribution is -0.140. The predicted molar refractivity (Wildman–Crippen MR) is 80.8 cm³/mol. The fourth-order valence-corrected chi connectivity index (χ4v) is 1.70. The lowest BCUT2D eigenvalue weighted by atomic mass is 10.3. The number of carbonyl (C=O) groups is 2.